The molecule has 0 atom stereocenters. The topological polar surface area (TPSA) is 76.9 Å². The van der Waals surface area contributed by atoms with Crippen LogP contribution in [0.2, 0.25) is 10.0 Å². The fourth-order valence-corrected chi connectivity index (χ4v) is 3.87. The summed E-state index contributed by atoms with van der Waals surface area (Å²) < 4.78 is 28.7. The van der Waals surface area contributed by atoms with Crippen LogP contribution < -0.4 is 4.72 Å². The number of nitrogens with one attached hydrogen (secondary N) is 1. The van der Waals surface area contributed by atoms with Gasteiger partial charge in [0.1, 0.15) is 11.2 Å². The summed E-state index contributed by atoms with van der Waals surface area (Å²) in [5.41, 5.74) is 1.83. The number of anilines is 1. The van der Waals surface area contributed by atoms with Gasteiger partial charge < -0.3 is 0 Å². The quantitative estimate of drug-likeness (QED) is 0.712. The molecule has 2 aromatic carbocycles. The fraction of sp³-hybridized carbons (Fsp3) is 0.125. The lowest BCUT2D eigenvalue weighted by Gasteiger charge is -2.07. The third kappa shape index (κ3) is 4.31. The van der Waals surface area contributed by atoms with E-state index >= 15 is 0 Å². The summed E-state index contributed by atoms with van der Waals surface area (Å²) in [5, 5.41) is 4.92. The molecule has 0 spiro atoms. The molecule has 0 amide bonds. The van der Waals surface area contributed by atoms with Gasteiger partial charge in [0.05, 0.1) is 11.6 Å². The summed E-state index contributed by atoms with van der Waals surface area (Å²) in [4.78, 5) is 3.96. The molecule has 0 saturated carbocycles. The number of benzene rings is 2. The van der Waals surface area contributed by atoms with E-state index in [1.807, 2.05) is 19.1 Å². The Kier molecular flexibility index (Phi) is 4.99. The molecule has 0 fully saturated rings. The minimum Gasteiger partial charge on any atom is -0.246 e. The highest BCUT2D eigenvalue weighted by Gasteiger charge is 2.19. The van der Waals surface area contributed by atoms with Crippen LogP contribution in [0.1, 0.15) is 11.1 Å². The zero-order valence-corrected chi connectivity index (χ0v) is 15.5. The van der Waals surface area contributed by atoms with E-state index in [9.17, 15) is 8.42 Å². The number of hydrogen-bond acceptors (Lipinski definition) is 4. The number of sulfonamides is 1. The van der Waals surface area contributed by atoms with Crippen LogP contribution in [0.3, 0.4) is 0 Å². The van der Waals surface area contributed by atoms with E-state index in [-0.39, 0.29) is 15.9 Å². The fourth-order valence-electron chi connectivity index (χ4n) is 2.19. The monoisotopic (exact) mass is 396 g/mol. The molecule has 1 aromatic heterocycles. The van der Waals surface area contributed by atoms with Gasteiger partial charge in [0.15, 0.2) is 0 Å². The first-order valence-electron chi connectivity index (χ1n) is 7.26. The molecule has 0 aliphatic heterocycles. The van der Waals surface area contributed by atoms with E-state index in [2.05, 4.69) is 14.8 Å². The van der Waals surface area contributed by atoms with Crippen LogP contribution in [0.5, 0.6) is 0 Å². The Morgan fingerprint density at radius 2 is 1.84 bits per heavy atom. The van der Waals surface area contributed by atoms with Crippen molar-refractivity contribution in [2.45, 2.75) is 18.4 Å². The lowest BCUT2D eigenvalue weighted by Crippen LogP contribution is -2.15. The highest BCUT2D eigenvalue weighted by atomic mass is 35.5. The summed E-state index contributed by atoms with van der Waals surface area (Å²) in [6, 6.07) is 12.0. The van der Waals surface area contributed by atoms with Gasteiger partial charge in [-0.3, -0.25) is 0 Å². The lowest BCUT2D eigenvalue weighted by molar-refractivity contribution is 0.600. The molecule has 0 unspecified atom stereocenters. The van der Waals surface area contributed by atoms with E-state index < -0.39 is 10.0 Å². The predicted octanol–water partition coefficient (Wildman–Crippen LogP) is 3.74. The standard InChI is InChI=1S/C16H14Cl2N4O2S/c1-11-2-7-15(14(18)8-11)25(23,24)21-16-19-10-22(20-16)9-12-3-5-13(17)6-4-12/h2-8,10H,9H2,1H3,(H,20,21). The van der Waals surface area contributed by atoms with Crippen LogP contribution >= 0.6 is 23.2 Å². The Bertz CT molecular complexity index is 1000. The molecule has 0 aliphatic rings. The maximum atomic E-state index is 12.4. The molecule has 0 bridgehead atoms. The van der Waals surface area contributed by atoms with Crippen molar-refractivity contribution in [2.24, 2.45) is 0 Å². The Morgan fingerprint density at radius 1 is 1.12 bits per heavy atom. The minimum atomic E-state index is -3.86. The van der Waals surface area contributed by atoms with Gasteiger partial charge in [-0.1, -0.05) is 41.4 Å². The number of hydrogen-bond donors (Lipinski definition) is 1. The smallest absolute Gasteiger partial charge is 0.246 e. The second kappa shape index (κ2) is 7.03. The number of aromatic nitrogens is 3. The molecule has 9 heteroatoms. The predicted molar refractivity (Wildman–Crippen MR) is 97.6 cm³/mol. The Labute approximate surface area is 155 Å². The van der Waals surface area contributed by atoms with Crippen LogP contribution in [0, 0.1) is 6.92 Å². The summed E-state index contributed by atoms with van der Waals surface area (Å²) in [6.45, 7) is 2.27. The van der Waals surface area contributed by atoms with Gasteiger partial charge in [0, 0.05) is 5.02 Å². The number of halogens is 2. The molecule has 1 heterocycles. The van der Waals surface area contributed by atoms with Gasteiger partial charge in [-0.2, -0.15) is 4.98 Å². The first-order valence-corrected chi connectivity index (χ1v) is 9.50. The summed E-state index contributed by atoms with van der Waals surface area (Å²) >= 11 is 11.9. The van der Waals surface area contributed by atoms with E-state index in [1.165, 1.54) is 17.1 Å². The molecule has 6 nitrogen and oxygen atoms in total. The van der Waals surface area contributed by atoms with E-state index in [0.717, 1.165) is 11.1 Å². The molecule has 130 valence electrons. The van der Waals surface area contributed by atoms with Gasteiger partial charge in [-0.15, -0.1) is 5.10 Å². The van der Waals surface area contributed by atoms with Gasteiger partial charge in [0.2, 0.25) is 0 Å². The molecule has 3 aromatic rings. The molecule has 25 heavy (non-hydrogen) atoms. The second-order valence-corrected chi connectivity index (χ2v) is 7.93. The maximum Gasteiger partial charge on any atom is 0.265 e. The largest absolute Gasteiger partial charge is 0.265 e. The van der Waals surface area contributed by atoms with Crippen molar-refractivity contribution in [1.29, 1.82) is 0 Å². The minimum absolute atomic E-state index is 0.0196. The van der Waals surface area contributed by atoms with Gasteiger partial charge >= 0.3 is 0 Å². The van der Waals surface area contributed by atoms with Crippen LogP contribution in [-0.4, -0.2) is 23.2 Å². The van der Waals surface area contributed by atoms with Crippen LogP contribution in [0.15, 0.2) is 53.7 Å². The van der Waals surface area contributed by atoms with Crippen molar-refractivity contribution in [3.8, 4) is 0 Å². The first kappa shape index (κ1) is 17.7. The molecule has 3 rings (SSSR count). The molecular formula is C16H14Cl2N4O2S. The zero-order chi connectivity index (χ0) is 18.0. The molecule has 1 N–H and O–H groups in total. The normalized spacial score (nSPS) is 11.5. The summed E-state index contributed by atoms with van der Waals surface area (Å²) in [7, 11) is -3.86. The third-order valence-electron chi connectivity index (χ3n) is 3.40. The number of nitrogens with zero attached hydrogens (tertiary/aromatic N) is 3. The van der Waals surface area contributed by atoms with Crippen molar-refractivity contribution >= 4 is 39.2 Å². The van der Waals surface area contributed by atoms with Crippen molar-refractivity contribution in [3.63, 3.8) is 0 Å². The van der Waals surface area contributed by atoms with Crippen molar-refractivity contribution in [3.05, 3.63) is 70.0 Å². The summed E-state index contributed by atoms with van der Waals surface area (Å²) in [6.07, 6.45) is 1.45. The van der Waals surface area contributed by atoms with E-state index in [4.69, 9.17) is 23.2 Å². The molecular weight excluding hydrogens is 383 g/mol. The van der Waals surface area contributed by atoms with Crippen molar-refractivity contribution in [1.82, 2.24) is 14.8 Å². The van der Waals surface area contributed by atoms with Gasteiger partial charge in [0.25, 0.3) is 16.0 Å². The van der Waals surface area contributed by atoms with Crippen LogP contribution in [-0.2, 0) is 16.6 Å². The zero-order valence-electron chi connectivity index (χ0n) is 13.1. The highest BCUT2D eigenvalue weighted by Crippen LogP contribution is 2.23. The number of rotatable bonds is 5. The SMILES string of the molecule is Cc1ccc(S(=O)(=O)Nc2ncn(Cc3ccc(Cl)cc3)n2)c(Cl)c1. The lowest BCUT2D eigenvalue weighted by atomic mass is 10.2. The Morgan fingerprint density at radius 3 is 2.52 bits per heavy atom. The van der Waals surface area contributed by atoms with Gasteiger partial charge in [-0.25, -0.2) is 17.8 Å². The Balaban J connectivity index is 1.77. The van der Waals surface area contributed by atoms with Crippen molar-refractivity contribution < 1.29 is 8.42 Å². The first-order chi connectivity index (χ1) is 11.8. The van der Waals surface area contributed by atoms with Crippen LogP contribution in [0.25, 0.3) is 0 Å². The van der Waals surface area contributed by atoms with Crippen LogP contribution in [0.4, 0.5) is 5.95 Å². The number of aryl methyl sites for hydroxylation is 1. The maximum absolute atomic E-state index is 12.4. The second-order valence-electron chi connectivity index (χ2n) is 5.43. The average molecular weight is 397 g/mol. The van der Waals surface area contributed by atoms with E-state index in [1.54, 1.807) is 24.3 Å². The van der Waals surface area contributed by atoms with E-state index in [0.29, 0.717) is 11.6 Å². The third-order valence-corrected chi connectivity index (χ3v) is 5.46. The van der Waals surface area contributed by atoms with Gasteiger partial charge in [-0.05, 0) is 42.3 Å². The molecule has 0 radical (unpaired) electrons. The Hall–Kier alpha value is -2.09. The summed E-state index contributed by atoms with van der Waals surface area (Å²) in [5.74, 6) is -0.0226. The molecule has 0 aliphatic carbocycles. The highest BCUT2D eigenvalue weighted by molar-refractivity contribution is 7.92. The molecule has 0 saturated heterocycles. The average Bonchev–Trinajstić information content (AvgIpc) is 2.95. The van der Waals surface area contributed by atoms with Crippen molar-refractivity contribution in [2.75, 3.05) is 4.72 Å².